The number of imidazole rings is 1. The summed E-state index contributed by atoms with van der Waals surface area (Å²) in [6.07, 6.45) is 1.80. The predicted molar refractivity (Wildman–Crippen MR) is 83.7 cm³/mol. The van der Waals surface area contributed by atoms with Crippen LogP contribution in [0.1, 0.15) is 16.2 Å². The van der Waals surface area contributed by atoms with E-state index in [2.05, 4.69) is 20.9 Å². The highest BCUT2D eigenvalue weighted by atomic mass is 79.9. The summed E-state index contributed by atoms with van der Waals surface area (Å²) in [6, 6.07) is 10.6. The van der Waals surface area contributed by atoms with E-state index in [1.165, 1.54) is 7.11 Å². The molecule has 0 aliphatic carbocycles. The van der Waals surface area contributed by atoms with Gasteiger partial charge in [-0.25, -0.2) is 4.98 Å². The first-order valence-corrected chi connectivity index (χ1v) is 7.02. The summed E-state index contributed by atoms with van der Waals surface area (Å²) in [6.45, 7) is 0. The number of carbonyl (C=O) groups is 1. The van der Waals surface area contributed by atoms with E-state index in [-0.39, 0.29) is 5.78 Å². The van der Waals surface area contributed by atoms with E-state index in [4.69, 9.17) is 10.5 Å². The summed E-state index contributed by atoms with van der Waals surface area (Å²) >= 11 is 3.37. The maximum absolute atomic E-state index is 12.7. The van der Waals surface area contributed by atoms with Crippen molar-refractivity contribution in [2.24, 2.45) is 0 Å². The maximum atomic E-state index is 12.7. The fourth-order valence-corrected chi connectivity index (χ4v) is 2.63. The number of pyridine rings is 1. The first-order chi connectivity index (χ1) is 10.1. The third-order valence-electron chi connectivity index (χ3n) is 3.20. The minimum absolute atomic E-state index is 0.194. The van der Waals surface area contributed by atoms with Crippen LogP contribution in [0.2, 0.25) is 0 Å². The smallest absolute Gasteiger partial charge is 0.228 e. The van der Waals surface area contributed by atoms with Crippen LogP contribution in [-0.4, -0.2) is 22.3 Å². The van der Waals surface area contributed by atoms with Gasteiger partial charge in [-0.3, -0.25) is 9.20 Å². The van der Waals surface area contributed by atoms with E-state index in [1.807, 2.05) is 18.2 Å². The Morgan fingerprint density at radius 1 is 1.33 bits per heavy atom. The van der Waals surface area contributed by atoms with Crippen LogP contribution < -0.4 is 10.5 Å². The molecule has 2 aromatic heterocycles. The Balaban J connectivity index is 2.13. The summed E-state index contributed by atoms with van der Waals surface area (Å²) < 4.78 is 7.53. The van der Waals surface area contributed by atoms with Crippen LogP contribution in [0, 0.1) is 0 Å². The molecule has 1 aromatic carbocycles. The number of anilines is 1. The van der Waals surface area contributed by atoms with Crippen LogP contribution in [0.25, 0.3) is 5.52 Å². The normalized spacial score (nSPS) is 10.8. The molecule has 0 amide bonds. The van der Waals surface area contributed by atoms with E-state index in [0.717, 1.165) is 5.52 Å². The lowest BCUT2D eigenvalue weighted by Gasteiger charge is -2.06. The van der Waals surface area contributed by atoms with Crippen molar-refractivity contribution >= 4 is 32.9 Å². The molecule has 3 aromatic rings. The molecule has 106 valence electrons. The number of nitrogens with zero attached hydrogens (tertiary/aromatic N) is 2. The molecule has 0 bridgehead atoms. The van der Waals surface area contributed by atoms with E-state index >= 15 is 0 Å². The third kappa shape index (κ3) is 2.27. The van der Waals surface area contributed by atoms with Gasteiger partial charge in [-0.2, -0.15) is 0 Å². The van der Waals surface area contributed by atoms with Gasteiger partial charge in [0, 0.05) is 11.8 Å². The van der Waals surface area contributed by atoms with Crippen molar-refractivity contribution in [1.29, 1.82) is 0 Å². The molecular formula is C15H12BrN3O2. The number of ketones is 1. The number of hydrogen-bond acceptors (Lipinski definition) is 4. The van der Waals surface area contributed by atoms with Crippen LogP contribution in [0.5, 0.6) is 5.75 Å². The van der Waals surface area contributed by atoms with Gasteiger partial charge in [0.25, 0.3) is 0 Å². The lowest BCUT2D eigenvalue weighted by molar-refractivity contribution is 0.102. The number of fused-ring (bicyclic) bond motifs is 1. The van der Waals surface area contributed by atoms with Crippen molar-refractivity contribution < 1.29 is 9.53 Å². The Morgan fingerprint density at radius 2 is 2.14 bits per heavy atom. The number of methoxy groups -OCH3 is 1. The van der Waals surface area contributed by atoms with Gasteiger partial charge < -0.3 is 10.5 Å². The van der Waals surface area contributed by atoms with Gasteiger partial charge in [-0.15, -0.1) is 0 Å². The molecule has 3 rings (SSSR count). The van der Waals surface area contributed by atoms with Crippen LogP contribution in [0.3, 0.4) is 0 Å². The highest BCUT2D eigenvalue weighted by Crippen LogP contribution is 2.25. The zero-order valence-corrected chi connectivity index (χ0v) is 12.8. The zero-order chi connectivity index (χ0) is 15.0. The van der Waals surface area contributed by atoms with Crippen molar-refractivity contribution in [3.05, 3.63) is 58.6 Å². The van der Waals surface area contributed by atoms with Gasteiger partial charge in [0.1, 0.15) is 10.4 Å². The molecule has 0 aliphatic rings. The van der Waals surface area contributed by atoms with Crippen molar-refractivity contribution in [2.75, 3.05) is 12.8 Å². The number of rotatable bonds is 3. The third-order valence-corrected chi connectivity index (χ3v) is 3.79. The zero-order valence-electron chi connectivity index (χ0n) is 11.2. The molecule has 0 saturated carbocycles. The second kappa shape index (κ2) is 5.21. The molecule has 0 unspecified atom stereocenters. The molecule has 0 fully saturated rings. The monoisotopic (exact) mass is 345 g/mol. The van der Waals surface area contributed by atoms with Crippen molar-refractivity contribution in [2.45, 2.75) is 0 Å². The molecule has 2 heterocycles. The minimum atomic E-state index is -0.194. The number of nitrogen functional groups attached to an aromatic ring is 1. The largest absolute Gasteiger partial charge is 0.495 e. The van der Waals surface area contributed by atoms with Gasteiger partial charge in [-0.05, 0) is 46.3 Å². The number of nitrogens with two attached hydrogens (primary N) is 1. The average molecular weight is 346 g/mol. The molecule has 0 saturated heterocycles. The first kappa shape index (κ1) is 13.6. The highest BCUT2D eigenvalue weighted by Gasteiger charge is 2.18. The van der Waals surface area contributed by atoms with Crippen molar-refractivity contribution in [3.63, 3.8) is 0 Å². The summed E-state index contributed by atoms with van der Waals surface area (Å²) in [5, 5.41) is 0. The first-order valence-electron chi connectivity index (χ1n) is 6.22. The highest BCUT2D eigenvalue weighted by molar-refractivity contribution is 9.10. The van der Waals surface area contributed by atoms with Gasteiger partial charge in [0.2, 0.25) is 5.78 Å². The standard InChI is InChI=1S/C15H12BrN3O2/c1-21-12-8-9(5-6-10(12)17)13(20)15-18-14(16)11-4-2-3-7-19(11)15/h2-8H,17H2,1H3. The summed E-state index contributed by atoms with van der Waals surface area (Å²) in [5.74, 6) is 0.616. The SMILES string of the molecule is COc1cc(C(=O)c2nc(Br)c3ccccn23)ccc1N. The Labute approximate surface area is 129 Å². The minimum Gasteiger partial charge on any atom is -0.495 e. The van der Waals surface area contributed by atoms with Crippen molar-refractivity contribution in [1.82, 2.24) is 9.38 Å². The van der Waals surface area contributed by atoms with Gasteiger partial charge in [0.05, 0.1) is 18.3 Å². The van der Waals surface area contributed by atoms with E-state index in [1.54, 1.807) is 28.8 Å². The second-order valence-electron chi connectivity index (χ2n) is 4.47. The molecule has 6 heteroatoms. The number of benzene rings is 1. The predicted octanol–water partition coefficient (Wildman–Crippen LogP) is 2.92. The Morgan fingerprint density at radius 3 is 2.90 bits per heavy atom. The van der Waals surface area contributed by atoms with Crippen molar-refractivity contribution in [3.8, 4) is 5.75 Å². The molecule has 0 atom stereocenters. The number of halogens is 1. The Hall–Kier alpha value is -2.34. The number of carbonyl (C=O) groups excluding carboxylic acids is 1. The topological polar surface area (TPSA) is 69.6 Å². The van der Waals surface area contributed by atoms with Crippen LogP contribution in [0.15, 0.2) is 47.2 Å². The quantitative estimate of drug-likeness (QED) is 0.585. The van der Waals surface area contributed by atoms with E-state index in [0.29, 0.717) is 27.4 Å². The van der Waals surface area contributed by atoms with Crippen LogP contribution >= 0.6 is 15.9 Å². The van der Waals surface area contributed by atoms with E-state index in [9.17, 15) is 4.79 Å². The number of ether oxygens (including phenoxy) is 1. The van der Waals surface area contributed by atoms with Gasteiger partial charge >= 0.3 is 0 Å². The molecule has 21 heavy (non-hydrogen) atoms. The van der Waals surface area contributed by atoms with Gasteiger partial charge in [0.15, 0.2) is 5.82 Å². The molecular weight excluding hydrogens is 334 g/mol. The fourth-order valence-electron chi connectivity index (χ4n) is 2.14. The molecule has 0 spiro atoms. The maximum Gasteiger partial charge on any atom is 0.228 e. The molecule has 2 N–H and O–H groups in total. The summed E-state index contributed by atoms with van der Waals surface area (Å²) in [5.41, 5.74) is 7.57. The Kier molecular flexibility index (Phi) is 3.39. The lowest BCUT2D eigenvalue weighted by atomic mass is 10.1. The summed E-state index contributed by atoms with van der Waals surface area (Å²) in [4.78, 5) is 17.0. The van der Waals surface area contributed by atoms with E-state index < -0.39 is 0 Å². The number of hydrogen-bond donors (Lipinski definition) is 1. The van der Waals surface area contributed by atoms with Gasteiger partial charge in [-0.1, -0.05) is 6.07 Å². The second-order valence-corrected chi connectivity index (χ2v) is 5.22. The molecule has 0 aliphatic heterocycles. The van der Waals surface area contributed by atoms with Crippen LogP contribution in [-0.2, 0) is 0 Å². The van der Waals surface area contributed by atoms with Crippen LogP contribution in [0.4, 0.5) is 5.69 Å². The fraction of sp³-hybridized carbons (Fsp3) is 0.0667. The molecule has 5 nitrogen and oxygen atoms in total. The lowest BCUT2D eigenvalue weighted by Crippen LogP contribution is -2.07. The number of aromatic nitrogens is 2. The summed E-state index contributed by atoms with van der Waals surface area (Å²) in [7, 11) is 1.52. The molecule has 0 radical (unpaired) electrons. The Bertz CT molecular complexity index is 842. The average Bonchev–Trinajstić information content (AvgIpc) is 2.85.